The van der Waals surface area contributed by atoms with E-state index in [0.717, 1.165) is 5.56 Å². The van der Waals surface area contributed by atoms with Crippen LogP contribution in [-0.4, -0.2) is 27.9 Å². The third-order valence-electron chi connectivity index (χ3n) is 2.29. The lowest BCUT2D eigenvalue weighted by atomic mass is 10.2. The van der Waals surface area contributed by atoms with E-state index in [4.69, 9.17) is 10.5 Å². The molecule has 5 nitrogen and oxygen atoms in total. The number of ether oxygens (including phenoxy) is 1. The first-order valence-electron chi connectivity index (χ1n) is 5.30. The molecule has 0 atom stereocenters. The normalized spacial score (nSPS) is 11.4. The fourth-order valence-corrected chi connectivity index (χ4v) is 2.52. The van der Waals surface area contributed by atoms with E-state index in [2.05, 4.69) is 4.72 Å². The quantitative estimate of drug-likeness (QED) is 0.596. The maximum atomic E-state index is 11.7. The molecule has 3 N–H and O–H groups in total. The van der Waals surface area contributed by atoms with Gasteiger partial charge < -0.3 is 10.5 Å². The minimum atomic E-state index is -3.33. The zero-order valence-electron chi connectivity index (χ0n) is 10.1. The maximum absolute atomic E-state index is 11.7. The van der Waals surface area contributed by atoms with Crippen molar-refractivity contribution in [2.45, 2.75) is 13.3 Å². The minimum Gasteiger partial charge on any atom is -0.399 e. The first-order chi connectivity index (χ1) is 7.94. The molecule has 0 spiro atoms. The molecule has 6 heteroatoms. The molecule has 0 amide bonds. The lowest BCUT2D eigenvalue weighted by Gasteiger charge is -2.10. The van der Waals surface area contributed by atoms with Gasteiger partial charge in [0.05, 0.1) is 11.4 Å². The van der Waals surface area contributed by atoms with Gasteiger partial charge in [0.25, 0.3) is 0 Å². The highest BCUT2D eigenvalue weighted by molar-refractivity contribution is 7.92. The van der Waals surface area contributed by atoms with Gasteiger partial charge in [-0.05, 0) is 31.0 Å². The van der Waals surface area contributed by atoms with Crippen LogP contribution in [0.4, 0.5) is 11.4 Å². The molecule has 0 aliphatic rings. The van der Waals surface area contributed by atoms with Crippen LogP contribution in [0.15, 0.2) is 18.2 Å². The van der Waals surface area contributed by atoms with Crippen LogP contribution in [0.5, 0.6) is 0 Å². The molecule has 0 aliphatic carbocycles. The summed E-state index contributed by atoms with van der Waals surface area (Å²) < 4.78 is 30.8. The molecule has 0 unspecified atom stereocenters. The van der Waals surface area contributed by atoms with Crippen LogP contribution < -0.4 is 10.5 Å². The number of nitrogens with one attached hydrogen (secondary N) is 1. The number of hydrogen-bond donors (Lipinski definition) is 2. The standard InChI is InChI=1S/C11H18N2O3S/c1-9-4-5-10(12)8-11(9)13-17(14,15)7-3-6-16-2/h4-5,8,13H,3,6-7,12H2,1-2H3. The first kappa shape index (κ1) is 13.8. The number of nitrogens with two attached hydrogens (primary N) is 1. The summed E-state index contributed by atoms with van der Waals surface area (Å²) in [6.45, 7) is 2.25. The Labute approximate surface area is 102 Å². The molecule has 96 valence electrons. The predicted molar refractivity (Wildman–Crippen MR) is 69.5 cm³/mol. The van der Waals surface area contributed by atoms with Crippen LogP contribution in [0.25, 0.3) is 0 Å². The summed E-state index contributed by atoms with van der Waals surface area (Å²) in [7, 11) is -1.79. The number of methoxy groups -OCH3 is 1. The van der Waals surface area contributed by atoms with Crippen molar-refractivity contribution >= 4 is 21.4 Å². The average Bonchev–Trinajstić information content (AvgIpc) is 2.23. The second kappa shape index (κ2) is 5.88. The molecule has 17 heavy (non-hydrogen) atoms. The number of anilines is 2. The number of hydrogen-bond acceptors (Lipinski definition) is 4. The molecule has 0 radical (unpaired) electrons. The fourth-order valence-electron chi connectivity index (χ4n) is 1.36. The van der Waals surface area contributed by atoms with Crippen LogP contribution in [-0.2, 0) is 14.8 Å². The van der Waals surface area contributed by atoms with E-state index in [1.54, 1.807) is 25.3 Å². The van der Waals surface area contributed by atoms with E-state index in [0.29, 0.717) is 24.4 Å². The van der Waals surface area contributed by atoms with Gasteiger partial charge in [-0.25, -0.2) is 8.42 Å². The van der Waals surface area contributed by atoms with Gasteiger partial charge in [-0.15, -0.1) is 0 Å². The van der Waals surface area contributed by atoms with Crippen molar-refractivity contribution in [3.63, 3.8) is 0 Å². The smallest absolute Gasteiger partial charge is 0.232 e. The fraction of sp³-hybridized carbons (Fsp3) is 0.455. The predicted octanol–water partition coefficient (Wildman–Crippen LogP) is 1.36. The Hall–Kier alpha value is -1.27. The Balaban J connectivity index is 2.72. The first-order valence-corrected chi connectivity index (χ1v) is 6.95. The van der Waals surface area contributed by atoms with Crippen molar-refractivity contribution in [2.24, 2.45) is 0 Å². The summed E-state index contributed by atoms with van der Waals surface area (Å²) in [6.07, 6.45) is 0.465. The SMILES string of the molecule is COCCCS(=O)(=O)Nc1cc(N)ccc1C. The number of sulfonamides is 1. The molecular weight excluding hydrogens is 240 g/mol. The van der Waals surface area contributed by atoms with Crippen LogP contribution in [0, 0.1) is 6.92 Å². The van der Waals surface area contributed by atoms with Crippen molar-refractivity contribution in [2.75, 3.05) is 29.9 Å². The van der Waals surface area contributed by atoms with Gasteiger partial charge in [0.2, 0.25) is 10.0 Å². The molecule has 0 aromatic heterocycles. The van der Waals surface area contributed by atoms with E-state index in [1.807, 2.05) is 6.92 Å². The molecular formula is C11H18N2O3S. The van der Waals surface area contributed by atoms with Gasteiger partial charge in [0.1, 0.15) is 0 Å². The average molecular weight is 258 g/mol. The lowest BCUT2D eigenvalue weighted by Crippen LogP contribution is -2.18. The molecule has 1 aromatic rings. The third kappa shape index (κ3) is 4.62. The highest BCUT2D eigenvalue weighted by Gasteiger charge is 2.11. The molecule has 1 aromatic carbocycles. The van der Waals surface area contributed by atoms with Gasteiger partial charge in [-0.2, -0.15) is 0 Å². The number of benzene rings is 1. The number of aryl methyl sites for hydroxylation is 1. The van der Waals surface area contributed by atoms with Gasteiger partial charge in [-0.3, -0.25) is 4.72 Å². The molecule has 0 saturated carbocycles. The van der Waals surface area contributed by atoms with Crippen molar-refractivity contribution in [3.05, 3.63) is 23.8 Å². The Kier molecular flexibility index (Phi) is 4.77. The lowest BCUT2D eigenvalue weighted by molar-refractivity contribution is 0.199. The molecule has 0 bridgehead atoms. The topological polar surface area (TPSA) is 81.4 Å². The van der Waals surface area contributed by atoms with Crippen LogP contribution in [0.2, 0.25) is 0 Å². The summed E-state index contributed by atoms with van der Waals surface area (Å²) in [5, 5.41) is 0. The van der Waals surface area contributed by atoms with Gasteiger partial charge in [-0.1, -0.05) is 6.07 Å². The van der Waals surface area contributed by atoms with Crippen LogP contribution in [0.3, 0.4) is 0 Å². The van der Waals surface area contributed by atoms with Crippen molar-refractivity contribution in [1.82, 2.24) is 0 Å². The van der Waals surface area contributed by atoms with E-state index in [1.165, 1.54) is 0 Å². The molecule has 0 saturated heterocycles. The van der Waals surface area contributed by atoms with E-state index in [-0.39, 0.29) is 5.75 Å². The summed E-state index contributed by atoms with van der Waals surface area (Å²) in [4.78, 5) is 0. The second-order valence-electron chi connectivity index (χ2n) is 3.84. The third-order valence-corrected chi connectivity index (χ3v) is 3.65. The largest absolute Gasteiger partial charge is 0.399 e. The molecule has 0 aliphatic heterocycles. The maximum Gasteiger partial charge on any atom is 0.232 e. The number of nitrogen functional groups attached to an aromatic ring is 1. The zero-order valence-corrected chi connectivity index (χ0v) is 10.9. The second-order valence-corrected chi connectivity index (χ2v) is 5.68. The Bertz CT molecular complexity index is 472. The molecule has 0 heterocycles. The van der Waals surface area contributed by atoms with Crippen molar-refractivity contribution in [1.29, 1.82) is 0 Å². The van der Waals surface area contributed by atoms with E-state index >= 15 is 0 Å². The van der Waals surface area contributed by atoms with E-state index in [9.17, 15) is 8.42 Å². The Morgan fingerprint density at radius 3 is 2.76 bits per heavy atom. The Morgan fingerprint density at radius 2 is 2.12 bits per heavy atom. The van der Waals surface area contributed by atoms with Gasteiger partial charge in [0, 0.05) is 19.4 Å². The zero-order chi connectivity index (χ0) is 12.9. The van der Waals surface area contributed by atoms with E-state index < -0.39 is 10.0 Å². The monoisotopic (exact) mass is 258 g/mol. The molecule has 1 rings (SSSR count). The Morgan fingerprint density at radius 1 is 1.41 bits per heavy atom. The number of rotatable bonds is 6. The van der Waals surface area contributed by atoms with Crippen LogP contribution in [0.1, 0.15) is 12.0 Å². The van der Waals surface area contributed by atoms with Crippen LogP contribution >= 0.6 is 0 Å². The van der Waals surface area contributed by atoms with Gasteiger partial charge >= 0.3 is 0 Å². The van der Waals surface area contributed by atoms with Gasteiger partial charge in [0.15, 0.2) is 0 Å². The minimum absolute atomic E-state index is 0.0368. The summed E-state index contributed by atoms with van der Waals surface area (Å²) in [5.74, 6) is 0.0368. The van der Waals surface area contributed by atoms with Crippen molar-refractivity contribution < 1.29 is 13.2 Å². The summed E-state index contributed by atoms with van der Waals surface area (Å²) >= 11 is 0. The highest BCUT2D eigenvalue weighted by atomic mass is 32.2. The summed E-state index contributed by atoms with van der Waals surface area (Å²) in [5.41, 5.74) is 7.52. The highest BCUT2D eigenvalue weighted by Crippen LogP contribution is 2.19. The molecule has 0 fully saturated rings. The summed E-state index contributed by atoms with van der Waals surface area (Å²) in [6, 6.07) is 5.13. The van der Waals surface area contributed by atoms with Crippen molar-refractivity contribution in [3.8, 4) is 0 Å².